The minimum Gasteiger partial charge on any atom is -0.318 e. The number of rotatable bonds is 2. The van der Waals surface area contributed by atoms with Gasteiger partial charge in [0.05, 0.1) is 10.0 Å². The van der Waals surface area contributed by atoms with Crippen LogP contribution in [0, 0.1) is 6.92 Å². The van der Waals surface area contributed by atoms with Gasteiger partial charge in [0.25, 0.3) is 0 Å². The minimum absolute atomic E-state index is 0.300. The summed E-state index contributed by atoms with van der Waals surface area (Å²) in [5.41, 5.74) is 1.94. The fourth-order valence-corrected chi connectivity index (χ4v) is 1.97. The molecular weight excluding hydrogens is 311 g/mol. The Morgan fingerprint density at radius 3 is 2.05 bits per heavy atom. The maximum Gasteiger partial charge on any atom is 0.314 e. The van der Waals surface area contributed by atoms with Crippen molar-refractivity contribution in [1.29, 1.82) is 0 Å². The molecule has 0 fully saturated rings. The Balaban J connectivity index is 2.02. The molecule has 0 atom stereocenters. The van der Waals surface area contributed by atoms with Crippen LogP contribution in [-0.2, 0) is 9.59 Å². The van der Waals surface area contributed by atoms with Crippen LogP contribution in [0.4, 0.5) is 11.4 Å². The zero-order valence-electron chi connectivity index (χ0n) is 11.1. The molecule has 2 N–H and O–H groups in total. The average molecular weight is 323 g/mol. The molecule has 2 amide bonds. The molecule has 0 bridgehead atoms. The van der Waals surface area contributed by atoms with Crippen LogP contribution in [-0.4, -0.2) is 11.8 Å². The van der Waals surface area contributed by atoms with Gasteiger partial charge < -0.3 is 10.6 Å². The number of carbonyl (C=O) groups excluding carboxylic acids is 2. The first-order chi connectivity index (χ1) is 9.95. The number of amides is 2. The van der Waals surface area contributed by atoms with E-state index in [1.165, 1.54) is 12.1 Å². The Labute approximate surface area is 132 Å². The molecule has 0 unspecified atom stereocenters. The van der Waals surface area contributed by atoms with Crippen LogP contribution in [0.3, 0.4) is 0 Å². The van der Waals surface area contributed by atoms with Gasteiger partial charge in [0, 0.05) is 11.4 Å². The standard InChI is InChI=1S/C15H12Cl2N2O2/c1-9-3-2-4-10(7-9)18-14(20)15(21)19-11-5-6-12(16)13(17)8-11/h2-8H,1H3,(H,18,20)(H,19,21). The molecule has 0 heterocycles. The molecule has 0 aliphatic heterocycles. The third-order valence-corrected chi connectivity index (χ3v) is 3.40. The fourth-order valence-electron chi connectivity index (χ4n) is 1.67. The summed E-state index contributed by atoms with van der Waals surface area (Å²) >= 11 is 11.6. The van der Waals surface area contributed by atoms with E-state index >= 15 is 0 Å². The first kappa shape index (κ1) is 15.4. The van der Waals surface area contributed by atoms with Crippen LogP contribution < -0.4 is 10.6 Å². The van der Waals surface area contributed by atoms with Gasteiger partial charge in [0.15, 0.2) is 0 Å². The first-order valence-corrected chi connectivity index (χ1v) is 6.85. The highest BCUT2D eigenvalue weighted by Gasteiger charge is 2.14. The van der Waals surface area contributed by atoms with Gasteiger partial charge in [-0.1, -0.05) is 35.3 Å². The van der Waals surface area contributed by atoms with Crippen molar-refractivity contribution < 1.29 is 9.59 Å². The van der Waals surface area contributed by atoms with Crippen LogP contribution in [0.1, 0.15) is 5.56 Å². The van der Waals surface area contributed by atoms with Gasteiger partial charge in [-0.3, -0.25) is 9.59 Å². The summed E-state index contributed by atoms with van der Waals surface area (Å²) in [5.74, 6) is -1.54. The Morgan fingerprint density at radius 2 is 1.48 bits per heavy atom. The van der Waals surface area contributed by atoms with E-state index in [9.17, 15) is 9.59 Å². The van der Waals surface area contributed by atoms with E-state index in [1.54, 1.807) is 24.3 Å². The Morgan fingerprint density at radius 1 is 0.857 bits per heavy atom. The molecule has 0 aromatic heterocycles. The molecule has 108 valence electrons. The maximum atomic E-state index is 11.8. The molecule has 4 nitrogen and oxygen atoms in total. The van der Waals surface area contributed by atoms with Gasteiger partial charge in [-0.2, -0.15) is 0 Å². The Kier molecular flexibility index (Phi) is 4.83. The number of aryl methyl sites for hydroxylation is 1. The van der Waals surface area contributed by atoms with E-state index in [2.05, 4.69) is 10.6 Å². The average Bonchev–Trinajstić information content (AvgIpc) is 2.43. The number of anilines is 2. The van der Waals surface area contributed by atoms with Crippen molar-refractivity contribution >= 4 is 46.4 Å². The molecule has 2 rings (SSSR count). The number of hydrogen-bond acceptors (Lipinski definition) is 2. The van der Waals surface area contributed by atoms with E-state index < -0.39 is 11.8 Å². The molecule has 0 saturated heterocycles. The van der Waals surface area contributed by atoms with E-state index in [0.29, 0.717) is 21.4 Å². The predicted octanol–water partition coefficient (Wildman–Crippen LogP) is 3.88. The summed E-state index contributed by atoms with van der Waals surface area (Å²) in [7, 11) is 0. The molecule has 6 heteroatoms. The summed E-state index contributed by atoms with van der Waals surface area (Å²) in [5, 5.41) is 5.64. The molecule has 21 heavy (non-hydrogen) atoms. The van der Waals surface area contributed by atoms with Crippen molar-refractivity contribution in [1.82, 2.24) is 0 Å². The van der Waals surface area contributed by atoms with E-state index in [4.69, 9.17) is 23.2 Å². The number of halogens is 2. The summed E-state index contributed by atoms with van der Waals surface area (Å²) < 4.78 is 0. The largest absolute Gasteiger partial charge is 0.318 e. The van der Waals surface area contributed by atoms with Gasteiger partial charge in [0.2, 0.25) is 0 Å². The molecule has 0 spiro atoms. The smallest absolute Gasteiger partial charge is 0.314 e. The van der Waals surface area contributed by atoms with Crippen molar-refractivity contribution in [2.45, 2.75) is 6.92 Å². The molecule has 0 aliphatic rings. The molecular formula is C15H12Cl2N2O2. The summed E-state index contributed by atoms with van der Waals surface area (Å²) in [6.45, 7) is 1.89. The lowest BCUT2D eigenvalue weighted by molar-refractivity contribution is -0.132. The normalized spacial score (nSPS) is 10.0. The second-order valence-electron chi connectivity index (χ2n) is 4.41. The topological polar surface area (TPSA) is 58.2 Å². The van der Waals surface area contributed by atoms with Crippen molar-refractivity contribution in [2.75, 3.05) is 10.6 Å². The Bertz CT molecular complexity index is 702. The summed E-state index contributed by atoms with van der Waals surface area (Å²) in [4.78, 5) is 23.6. The van der Waals surface area contributed by atoms with Crippen molar-refractivity contribution in [3.8, 4) is 0 Å². The molecule has 0 radical (unpaired) electrons. The van der Waals surface area contributed by atoms with Crippen molar-refractivity contribution in [3.63, 3.8) is 0 Å². The Hall–Kier alpha value is -2.04. The van der Waals surface area contributed by atoms with Gasteiger partial charge in [-0.05, 0) is 42.8 Å². The molecule has 0 saturated carbocycles. The monoisotopic (exact) mass is 322 g/mol. The summed E-state index contributed by atoms with van der Waals surface area (Å²) in [6, 6.07) is 11.7. The second-order valence-corrected chi connectivity index (χ2v) is 5.22. The SMILES string of the molecule is Cc1cccc(NC(=O)C(=O)Nc2ccc(Cl)c(Cl)c2)c1. The van der Waals surface area contributed by atoms with E-state index in [1.807, 2.05) is 13.0 Å². The maximum absolute atomic E-state index is 11.8. The molecule has 0 aliphatic carbocycles. The number of hydrogen-bond donors (Lipinski definition) is 2. The van der Waals surface area contributed by atoms with Gasteiger partial charge in [-0.25, -0.2) is 0 Å². The number of benzene rings is 2. The van der Waals surface area contributed by atoms with E-state index in [0.717, 1.165) is 5.56 Å². The zero-order valence-corrected chi connectivity index (χ0v) is 12.6. The van der Waals surface area contributed by atoms with Gasteiger partial charge in [-0.15, -0.1) is 0 Å². The highest BCUT2D eigenvalue weighted by Crippen LogP contribution is 2.24. The lowest BCUT2D eigenvalue weighted by atomic mass is 10.2. The number of nitrogens with one attached hydrogen (secondary N) is 2. The predicted molar refractivity (Wildman–Crippen MR) is 84.9 cm³/mol. The first-order valence-electron chi connectivity index (χ1n) is 6.10. The molecule has 2 aromatic rings. The zero-order chi connectivity index (χ0) is 15.4. The van der Waals surface area contributed by atoms with Crippen molar-refractivity contribution in [2.24, 2.45) is 0 Å². The van der Waals surface area contributed by atoms with E-state index in [-0.39, 0.29) is 0 Å². The lowest BCUT2D eigenvalue weighted by Crippen LogP contribution is -2.29. The van der Waals surface area contributed by atoms with Gasteiger partial charge >= 0.3 is 11.8 Å². The van der Waals surface area contributed by atoms with Crippen LogP contribution in [0.2, 0.25) is 10.0 Å². The number of carbonyl (C=O) groups is 2. The lowest BCUT2D eigenvalue weighted by Gasteiger charge is -2.07. The highest BCUT2D eigenvalue weighted by atomic mass is 35.5. The second kappa shape index (κ2) is 6.61. The van der Waals surface area contributed by atoms with Gasteiger partial charge in [0.1, 0.15) is 0 Å². The fraction of sp³-hybridized carbons (Fsp3) is 0.0667. The highest BCUT2D eigenvalue weighted by molar-refractivity contribution is 6.44. The summed E-state index contributed by atoms with van der Waals surface area (Å²) in [6.07, 6.45) is 0. The third-order valence-electron chi connectivity index (χ3n) is 2.66. The van der Waals surface area contributed by atoms with Crippen LogP contribution in [0.15, 0.2) is 42.5 Å². The van der Waals surface area contributed by atoms with Crippen LogP contribution >= 0.6 is 23.2 Å². The molecule has 2 aromatic carbocycles. The minimum atomic E-state index is -0.783. The van der Waals surface area contributed by atoms with Crippen LogP contribution in [0.5, 0.6) is 0 Å². The van der Waals surface area contributed by atoms with Crippen molar-refractivity contribution in [3.05, 3.63) is 58.1 Å². The quantitative estimate of drug-likeness (QED) is 0.824. The van der Waals surface area contributed by atoms with Crippen LogP contribution in [0.25, 0.3) is 0 Å². The third kappa shape index (κ3) is 4.21.